The molecule has 0 atom stereocenters. The van der Waals surface area contributed by atoms with Crippen LogP contribution < -0.4 is 0 Å². The number of rotatable bonds is 2. The van der Waals surface area contributed by atoms with Crippen LogP contribution in [0, 0.1) is 6.92 Å². The van der Waals surface area contributed by atoms with Gasteiger partial charge in [0, 0.05) is 4.47 Å². The molecule has 4 aromatic carbocycles. The zero-order valence-corrected chi connectivity index (χ0v) is 16.7. The molecule has 0 N–H and O–H groups in total. The molecule has 0 unspecified atom stereocenters. The number of halogens is 1. The van der Waals surface area contributed by atoms with E-state index in [0.717, 1.165) is 4.47 Å². The predicted octanol–water partition coefficient (Wildman–Crippen LogP) is 7.12. The van der Waals surface area contributed by atoms with Crippen LogP contribution in [0.15, 0.2) is 102 Å². The molecular formula is C26H19Br. The second-order valence-corrected chi connectivity index (χ2v) is 8.14. The quantitative estimate of drug-likeness (QED) is 0.290. The van der Waals surface area contributed by atoms with E-state index < -0.39 is 0 Å². The first kappa shape index (κ1) is 16.5. The molecule has 0 fully saturated rings. The van der Waals surface area contributed by atoms with E-state index in [9.17, 15) is 0 Å². The van der Waals surface area contributed by atoms with E-state index in [1.807, 2.05) is 0 Å². The lowest BCUT2D eigenvalue weighted by molar-refractivity contribution is 0.766. The standard InChI is InChI=1S/C26H19Br/c1-18-15-20(17-21(27)16-18)26(19-9-3-2-4-10-19)24-13-7-5-11-22(24)23-12-6-8-14-25(23)26/h2-17H,1H3. The number of hydrogen-bond donors (Lipinski definition) is 0. The van der Waals surface area contributed by atoms with Crippen molar-refractivity contribution >= 4 is 15.9 Å². The second kappa shape index (κ2) is 6.21. The summed E-state index contributed by atoms with van der Waals surface area (Å²) in [6.07, 6.45) is 0. The molecule has 0 aromatic heterocycles. The fourth-order valence-electron chi connectivity index (χ4n) is 4.66. The molecule has 0 radical (unpaired) electrons. The van der Waals surface area contributed by atoms with Gasteiger partial charge < -0.3 is 0 Å². The van der Waals surface area contributed by atoms with Crippen molar-refractivity contribution in [2.24, 2.45) is 0 Å². The average Bonchev–Trinajstić information content (AvgIpc) is 2.99. The fraction of sp³-hybridized carbons (Fsp3) is 0.0769. The highest BCUT2D eigenvalue weighted by molar-refractivity contribution is 9.10. The molecule has 4 aromatic rings. The van der Waals surface area contributed by atoms with Gasteiger partial charge in [0.15, 0.2) is 0 Å². The summed E-state index contributed by atoms with van der Waals surface area (Å²) in [5.74, 6) is 0. The summed E-state index contributed by atoms with van der Waals surface area (Å²) in [4.78, 5) is 0. The van der Waals surface area contributed by atoms with Crippen LogP contribution >= 0.6 is 15.9 Å². The number of hydrogen-bond acceptors (Lipinski definition) is 0. The Bertz CT molecular complexity index is 1080. The van der Waals surface area contributed by atoms with Gasteiger partial charge in [-0.15, -0.1) is 0 Å². The third-order valence-electron chi connectivity index (χ3n) is 5.63. The van der Waals surface area contributed by atoms with Crippen LogP contribution in [0.5, 0.6) is 0 Å². The Labute approximate surface area is 168 Å². The highest BCUT2D eigenvalue weighted by Gasteiger charge is 2.45. The molecule has 0 amide bonds. The molecule has 0 saturated carbocycles. The van der Waals surface area contributed by atoms with Gasteiger partial charge in [0.25, 0.3) is 0 Å². The molecule has 27 heavy (non-hydrogen) atoms. The molecule has 130 valence electrons. The summed E-state index contributed by atoms with van der Waals surface area (Å²) in [6.45, 7) is 2.17. The number of benzene rings is 4. The van der Waals surface area contributed by atoms with Gasteiger partial charge in [-0.05, 0) is 58.0 Å². The number of aryl methyl sites for hydroxylation is 1. The minimum Gasteiger partial charge on any atom is -0.0622 e. The molecule has 0 spiro atoms. The lowest BCUT2D eigenvalue weighted by atomic mass is 9.67. The molecule has 1 aliphatic carbocycles. The molecule has 0 saturated heterocycles. The van der Waals surface area contributed by atoms with Gasteiger partial charge in [0.2, 0.25) is 0 Å². The van der Waals surface area contributed by atoms with Crippen LogP contribution in [-0.4, -0.2) is 0 Å². The molecular weight excluding hydrogens is 392 g/mol. The van der Waals surface area contributed by atoms with E-state index in [0.29, 0.717) is 0 Å². The van der Waals surface area contributed by atoms with E-state index >= 15 is 0 Å². The van der Waals surface area contributed by atoms with Crippen molar-refractivity contribution in [2.75, 3.05) is 0 Å². The van der Waals surface area contributed by atoms with Gasteiger partial charge in [-0.2, -0.15) is 0 Å². The molecule has 0 aliphatic heterocycles. The van der Waals surface area contributed by atoms with Gasteiger partial charge in [0.1, 0.15) is 0 Å². The first-order chi connectivity index (χ1) is 13.2. The Morgan fingerprint density at radius 2 is 1.15 bits per heavy atom. The van der Waals surface area contributed by atoms with Gasteiger partial charge in [-0.1, -0.05) is 101 Å². The minimum absolute atomic E-state index is 0.303. The van der Waals surface area contributed by atoms with Crippen molar-refractivity contribution < 1.29 is 0 Å². The first-order valence-electron chi connectivity index (χ1n) is 9.24. The Hall–Kier alpha value is -2.64. The van der Waals surface area contributed by atoms with E-state index in [-0.39, 0.29) is 5.41 Å². The summed E-state index contributed by atoms with van der Waals surface area (Å²) in [5.41, 5.74) is 8.94. The van der Waals surface area contributed by atoms with Crippen molar-refractivity contribution in [3.8, 4) is 11.1 Å². The van der Waals surface area contributed by atoms with Crippen LogP contribution in [0.25, 0.3) is 11.1 Å². The van der Waals surface area contributed by atoms with Gasteiger partial charge in [0.05, 0.1) is 5.41 Å². The van der Waals surface area contributed by atoms with E-state index in [1.54, 1.807) is 0 Å². The monoisotopic (exact) mass is 410 g/mol. The van der Waals surface area contributed by atoms with E-state index in [1.165, 1.54) is 38.9 Å². The lowest BCUT2D eigenvalue weighted by Gasteiger charge is -2.34. The molecule has 1 aliphatic rings. The third-order valence-corrected chi connectivity index (χ3v) is 6.09. The molecule has 5 rings (SSSR count). The third kappa shape index (κ3) is 2.35. The van der Waals surface area contributed by atoms with Crippen molar-refractivity contribution in [1.82, 2.24) is 0 Å². The maximum Gasteiger partial charge on any atom is 0.0714 e. The Morgan fingerprint density at radius 1 is 0.593 bits per heavy atom. The topological polar surface area (TPSA) is 0 Å². The van der Waals surface area contributed by atoms with Crippen molar-refractivity contribution in [3.63, 3.8) is 0 Å². The highest BCUT2D eigenvalue weighted by Crippen LogP contribution is 2.56. The van der Waals surface area contributed by atoms with Crippen LogP contribution in [0.3, 0.4) is 0 Å². The predicted molar refractivity (Wildman–Crippen MR) is 116 cm³/mol. The van der Waals surface area contributed by atoms with Crippen molar-refractivity contribution in [2.45, 2.75) is 12.3 Å². The normalized spacial score (nSPS) is 13.9. The number of fused-ring (bicyclic) bond motifs is 3. The minimum atomic E-state index is -0.303. The summed E-state index contributed by atoms with van der Waals surface area (Å²) in [7, 11) is 0. The van der Waals surface area contributed by atoms with E-state index in [2.05, 4.69) is 120 Å². The Morgan fingerprint density at radius 3 is 1.74 bits per heavy atom. The summed E-state index contributed by atoms with van der Waals surface area (Å²) < 4.78 is 1.12. The molecule has 1 heteroatoms. The Kier molecular flexibility index (Phi) is 3.80. The van der Waals surface area contributed by atoms with Crippen LogP contribution in [0.2, 0.25) is 0 Å². The second-order valence-electron chi connectivity index (χ2n) is 7.22. The van der Waals surface area contributed by atoms with Crippen LogP contribution in [0.4, 0.5) is 0 Å². The summed E-state index contributed by atoms with van der Waals surface area (Å²) in [6, 6.07) is 35.4. The van der Waals surface area contributed by atoms with Gasteiger partial charge in [-0.3, -0.25) is 0 Å². The van der Waals surface area contributed by atoms with Crippen LogP contribution in [-0.2, 0) is 5.41 Å². The maximum atomic E-state index is 3.74. The molecule has 0 bridgehead atoms. The Balaban J connectivity index is 1.99. The average molecular weight is 411 g/mol. The zero-order chi connectivity index (χ0) is 18.4. The molecule has 0 heterocycles. The SMILES string of the molecule is Cc1cc(Br)cc(C2(c3ccccc3)c3ccccc3-c3ccccc32)c1. The maximum absolute atomic E-state index is 3.74. The van der Waals surface area contributed by atoms with Gasteiger partial charge >= 0.3 is 0 Å². The highest BCUT2D eigenvalue weighted by atomic mass is 79.9. The molecule has 0 nitrogen and oxygen atoms in total. The fourth-order valence-corrected chi connectivity index (χ4v) is 5.27. The smallest absolute Gasteiger partial charge is 0.0622 e. The van der Waals surface area contributed by atoms with Crippen molar-refractivity contribution in [3.05, 3.63) is 129 Å². The first-order valence-corrected chi connectivity index (χ1v) is 10.0. The largest absolute Gasteiger partial charge is 0.0714 e. The van der Waals surface area contributed by atoms with Gasteiger partial charge in [-0.25, -0.2) is 0 Å². The summed E-state index contributed by atoms with van der Waals surface area (Å²) >= 11 is 3.74. The zero-order valence-electron chi connectivity index (χ0n) is 15.1. The van der Waals surface area contributed by atoms with Crippen LogP contribution in [0.1, 0.15) is 27.8 Å². The lowest BCUT2D eigenvalue weighted by Crippen LogP contribution is -2.28. The van der Waals surface area contributed by atoms with E-state index in [4.69, 9.17) is 0 Å². The van der Waals surface area contributed by atoms with Crippen molar-refractivity contribution in [1.29, 1.82) is 0 Å². The summed E-state index contributed by atoms with van der Waals surface area (Å²) in [5, 5.41) is 0.